The molecule has 1 N–H and O–H groups in total. The van der Waals surface area contributed by atoms with Crippen LogP contribution in [-0.4, -0.2) is 6.61 Å². The second kappa shape index (κ2) is 2.13. The molecule has 50 valence electrons. The van der Waals surface area contributed by atoms with Crippen molar-refractivity contribution in [1.29, 1.82) is 0 Å². The fraction of sp³-hybridized carbons (Fsp3) is 0.429. The zero-order valence-corrected chi connectivity index (χ0v) is 5.82. The van der Waals surface area contributed by atoms with E-state index in [1.54, 1.807) is 0 Å². The van der Waals surface area contributed by atoms with Crippen molar-refractivity contribution >= 4 is 0 Å². The maximum absolute atomic E-state index is 5.22. The van der Waals surface area contributed by atoms with Crippen LogP contribution in [0.3, 0.4) is 0 Å². The molecule has 0 radical (unpaired) electrons. The molecule has 0 aliphatic carbocycles. The number of nitrogens with one attached hydrogen (secondary N) is 1. The quantitative estimate of drug-likeness (QED) is 0.528. The molecule has 2 heteroatoms. The molecule has 1 heterocycles. The highest BCUT2D eigenvalue weighted by molar-refractivity contribution is 5.13. The third kappa shape index (κ3) is 1.25. The molecule has 1 rings (SSSR count). The molecule has 9 heavy (non-hydrogen) atoms. The van der Waals surface area contributed by atoms with Crippen LogP contribution in [0.4, 0.5) is 0 Å². The van der Waals surface area contributed by atoms with Crippen molar-refractivity contribution in [3.05, 3.63) is 23.7 Å². The summed E-state index contributed by atoms with van der Waals surface area (Å²) in [4.78, 5) is 0. The molecule has 2 nitrogen and oxygen atoms in total. The smallest absolute Gasteiger partial charge is 0.127 e. The van der Waals surface area contributed by atoms with Crippen LogP contribution in [0.25, 0.3) is 0 Å². The first-order valence-electron chi connectivity index (χ1n) is 2.95. The van der Waals surface area contributed by atoms with Crippen molar-refractivity contribution in [2.24, 2.45) is 0 Å². The van der Waals surface area contributed by atoms with E-state index in [1.807, 2.05) is 13.8 Å². The van der Waals surface area contributed by atoms with E-state index in [9.17, 15) is 0 Å². The molecule has 0 aromatic heterocycles. The Labute approximate surface area is 55.2 Å². The molecule has 0 spiro atoms. The van der Waals surface area contributed by atoms with E-state index in [-0.39, 0.29) is 0 Å². The fourth-order valence-corrected chi connectivity index (χ4v) is 0.693. The van der Waals surface area contributed by atoms with Crippen LogP contribution in [0, 0.1) is 0 Å². The SMILES string of the molecule is C=C1COC(C)=C(C)N1. The maximum Gasteiger partial charge on any atom is 0.127 e. The van der Waals surface area contributed by atoms with Crippen molar-refractivity contribution in [1.82, 2.24) is 5.32 Å². The van der Waals surface area contributed by atoms with Gasteiger partial charge in [-0.15, -0.1) is 0 Å². The van der Waals surface area contributed by atoms with Crippen LogP contribution in [-0.2, 0) is 4.74 Å². The summed E-state index contributed by atoms with van der Waals surface area (Å²) in [5, 5.41) is 3.09. The Morgan fingerprint density at radius 3 is 2.67 bits per heavy atom. The number of hydrogen-bond acceptors (Lipinski definition) is 2. The van der Waals surface area contributed by atoms with Gasteiger partial charge >= 0.3 is 0 Å². The summed E-state index contributed by atoms with van der Waals surface area (Å²) >= 11 is 0. The van der Waals surface area contributed by atoms with Gasteiger partial charge in [-0.25, -0.2) is 0 Å². The van der Waals surface area contributed by atoms with E-state index in [2.05, 4.69) is 11.9 Å². The highest BCUT2D eigenvalue weighted by atomic mass is 16.5. The molecule has 0 aromatic rings. The molecule has 0 amide bonds. The molecule has 0 fully saturated rings. The molecule has 0 unspecified atom stereocenters. The van der Waals surface area contributed by atoms with Crippen LogP contribution in [0.15, 0.2) is 23.7 Å². The lowest BCUT2D eigenvalue weighted by Crippen LogP contribution is -2.21. The minimum absolute atomic E-state index is 0.600. The van der Waals surface area contributed by atoms with Gasteiger partial charge in [-0.1, -0.05) is 6.58 Å². The maximum atomic E-state index is 5.22. The van der Waals surface area contributed by atoms with E-state index in [1.165, 1.54) is 0 Å². The predicted molar refractivity (Wildman–Crippen MR) is 36.6 cm³/mol. The molecule has 0 aromatic carbocycles. The number of ether oxygens (including phenoxy) is 1. The normalized spacial score (nSPS) is 19.1. The lowest BCUT2D eigenvalue weighted by Gasteiger charge is -2.19. The van der Waals surface area contributed by atoms with Crippen LogP contribution in [0.5, 0.6) is 0 Å². The Hall–Kier alpha value is -0.920. The van der Waals surface area contributed by atoms with Crippen LogP contribution in [0.1, 0.15) is 13.8 Å². The van der Waals surface area contributed by atoms with Crippen molar-refractivity contribution in [2.45, 2.75) is 13.8 Å². The molecular weight excluding hydrogens is 114 g/mol. The van der Waals surface area contributed by atoms with Gasteiger partial charge in [0.2, 0.25) is 0 Å². The summed E-state index contributed by atoms with van der Waals surface area (Å²) in [5.74, 6) is 0.961. The number of hydrogen-bond donors (Lipinski definition) is 1. The van der Waals surface area contributed by atoms with Crippen LogP contribution < -0.4 is 5.32 Å². The van der Waals surface area contributed by atoms with Gasteiger partial charge in [0.1, 0.15) is 12.4 Å². The van der Waals surface area contributed by atoms with E-state index in [0.29, 0.717) is 6.61 Å². The summed E-state index contributed by atoms with van der Waals surface area (Å²) in [5.41, 5.74) is 1.99. The monoisotopic (exact) mass is 125 g/mol. The first kappa shape index (κ1) is 6.20. The largest absolute Gasteiger partial charge is 0.490 e. The van der Waals surface area contributed by atoms with Gasteiger partial charge in [0, 0.05) is 11.4 Å². The lowest BCUT2D eigenvalue weighted by atomic mass is 10.3. The highest BCUT2D eigenvalue weighted by Gasteiger charge is 2.06. The summed E-state index contributed by atoms with van der Waals surface area (Å²) in [7, 11) is 0. The van der Waals surface area contributed by atoms with Crippen molar-refractivity contribution in [3.63, 3.8) is 0 Å². The fourth-order valence-electron chi connectivity index (χ4n) is 0.693. The Morgan fingerprint density at radius 2 is 2.22 bits per heavy atom. The molecule has 1 aliphatic rings. The third-order valence-corrected chi connectivity index (χ3v) is 1.36. The number of allylic oxidation sites excluding steroid dienone is 2. The van der Waals surface area contributed by atoms with Gasteiger partial charge in [-0.2, -0.15) is 0 Å². The van der Waals surface area contributed by atoms with Gasteiger partial charge in [-0.05, 0) is 13.8 Å². The minimum Gasteiger partial charge on any atom is -0.490 e. The summed E-state index contributed by atoms with van der Waals surface area (Å²) in [6.07, 6.45) is 0. The van der Waals surface area contributed by atoms with Gasteiger partial charge in [-0.3, -0.25) is 0 Å². The molecule has 0 bridgehead atoms. The standard InChI is InChI=1S/C7H11NO/c1-5-4-9-7(3)6(2)8-5/h8H,1,4H2,2-3H3. The highest BCUT2D eigenvalue weighted by Crippen LogP contribution is 2.09. The second-order valence-electron chi connectivity index (χ2n) is 2.20. The van der Waals surface area contributed by atoms with E-state index in [4.69, 9.17) is 4.74 Å². The molecule has 0 atom stereocenters. The Morgan fingerprint density at radius 1 is 1.56 bits per heavy atom. The average Bonchev–Trinajstić information content (AvgIpc) is 1.80. The minimum atomic E-state index is 0.600. The Bertz CT molecular complexity index is 170. The van der Waals surface area contributed by atoms with Gasteiger partial charge in [0.15, 0.2) is 0 Å². The van der Waals surface area contributed by atoms with Gasteiger partial charge in [0.25, 0.3) is 0 Å². The summed E-state index contributed by atoms with van der Waals surface area (Å²) in [6.45, 7) is 8.24. The van der Waals surface area contributed by atoms with Gasteiger partial charge in [0.05, 0.1) is 0 Å². The third-order valence-electron chi connectivity index (χ3n) is 1.36. The summed E-state index contributed by atoms with van der Waals surface area (Å²) in [6, 6.07) is 0. The zero-order chi connectivity index (χ0) is 6.85. The predicted octanol–water partition coefficient (Wildman–Crippen LogP) is 1.37. The first-order valence-corrected chi connectivity index (χ1v) is 2.95. The van der Waals surface area contributed by atoms with Crippen LogP contribution >= 0.6 is 0 Å². The zero-order valence-electron chi connectivity index (χ0n) is 5.82. The Kier molecular flexibility index (Phi) is 1.47. The molecular formula is C7H11NO. The van der Waals surface area contributed by atoms with E-state index in [0.717, 1.165) is 17.2 Å². The van der Waals surface area contributed by atoms with Crippen LogP contribution in [0.2, 0.25) is 0 Å². The number of rotatable bonds is 0. The molecule has 0 saturated carbocycles. The lowest BCUT2D eigenvalue weighted by molar-refractivity contribution is 0.217. The summed E-state index contributed by atoms with van der Waals surface area (Å²) < 4.78 is 5.22. The van der Waals surface area contributed by atoms with E-state index >= 15 is 0 Å². The second-order valence-corrected chi connectivity index (χ2v) is 2.20. The first-order chi connectivity index (χ1) is 4.20. The van der Waals surface area contributed by atoms with Crippen molar-refractivity contribution in [3.8, 4) is 0 Å². The van der Waals surface area contributed by atoms with Crippen molar-refractivity contribution in [2.75, 3.05) is 6.61 Å². The topological polar surface area (TPSA) is 21.3 Å². The molecule has 0 saturated heterocycles. The Balaban J connectivity index is 2.72. The molecule has 1 aliphatic heterocycles. The van der Waals surface area contributed by atoms with Crippen molar-refractivity contribution < 1.29 is 4.74 Å². The average molecular weight is 125 g/mol. The van der Waals surface area contributed by atoms with E-state index < -0.39 is 0 Å². The van der Waals surface area contributed by atoms with Gasteiger partial charge < -0.3 is 10.1 Å².